The van der Waals surface area contributed by atoms with Crippen LogP contribution in [-0.4, -0.2) is 44.1 Å². The zero-order chi connectivity index (χ0) is 27.8. The Balaban J connectivity index is 1.63. The molecule has 0 fully saturated rings. The Morgan fingerprint density at radius 1 is 0.821 bits per heavy atom. The van der Waals surface area contributed by atoms with E-state index >= 15 is 0 Å². The molecule has 0 saturated carbocycles. The molecule has 200 valence electrons. The van der Waals surface area contributed by atoms with Crippen molar-refractivity contribution in [3.8, 4) is 34.3 Å². The molecule has 1 heterocycles. The van der Waals surface area contributed by atoms with Crippen molar-refractivity contribution in [3.63, 3.8) is 0 Å². The van der Waals surface area contributed by atoms with Gasteiger partial charge in [0.25, 0.3) is 5.91 Å². The number of methoxy groups -OCH3 is 3. The van der Waals surface area contributed by atoms with Crippen LogP contribution in [0, 0.1) is 0 Å². The minimum atomic E-state index is -0.511. The highest BCUT2D eigenvalue weighted by Crippen LogP contribution is 2.33. The third-order valence-corrected chi connectivity index (χ3v) is 5.73. The predicted octanol–water partition coefficient (Wildman–Crippen LogP) is 5.17. The van der Waals surface area contributed by atoms with Crippen LogP contribution in [0.25, 0.3) is 22.8 Å². The summed E-state index contributed by atoms with van der Waals surface area (Å²) in [7, 11) is 4.30. The largest absolute Gasteiger partial charge is 0.497 e. The third kappa shape index (κ3) is 6.61. The van der Waals surface area contributed by atoms with Gasteiger partial charge in [0.05, 0.1) is 33.4 Å². The maximum atomic E-state index is 13.5. The molecular weight excluding hydrogens is 502 g/mol. The predicted molar refractivity (Wildman–Crippen MR) is 145 cm³/mol. The first-order valence-electron chi connectivity index (χ1n) is 12.0. The second-order valence-corrected chi connectivity index (χ2v) is 8.28. The molecule has 10 nitrogen and oxygen atoms in total. The fraction of sp³-hybridized carbons (Fsp3) is 0.172. The van der Waals surface area contributed by atoms with Crippen LogP contribution < -0.4 is 20.1 Å². The minimum Gasteiger partial charge on any atom is -0.497 e. The van der Waals surface area contributed by atoms with Crippen LogP contribution in [0.1, 0.15) is 23.3 Å². The number of nitrogens with zero attached hydrogens (tertiary/aromatic N) is 1. The number of ether oxygens (including phenoxy) is 3. The number of oxazole rings is 1. The van der Waals surface area contributed by atoms with E-state index in [1.54, 1.807) is 42.5 Å². The van der Waals surface area contributed by atoms with Crippen LogP contribution in [0.3, 0.4) is 0 Å². The van der Waals surface area contributed by atoms with E-state index in [2.05, 4.69) is 20.4 Å². The van der Waals surface area contributed by atoms with Crippen molar-refractivity contribution in [2.24, 2.45) is 0 Å². The van der Waals surface area contributed by atoms with E-state index in [9.17, 15) is 14.4 Å². The molecule has 0 saturated heterocycles. The smallest absolute Gasteiger partial charge is 0.306 e. The molecule has 0 atom stereocenters. The number of anilines is 2. The number of hydrogen-bond acceptors (Lipinski definition) is 8. The van der Waals surface area contributed by atoms with E-state index in [1.165, 1.54) is 21.3 Å². The van der Waals surface area contributed by atoms with E-state index in [0.29, 0.717) is 34.0 Å². The lowest BCUT2D eigenvalue weighted by Crippen LogP contribution is -2.14. The lowest BCUT2D eigenvalue weighted by molar-refractivity contribution is -0.141. The Morgan fingerprint density at radius 2 is 1.56 bits per heavy atom. The van der Waals surface area contributed by atoms with Crippen LogP contribution in [0.2, 0.25) is 0 Å². The first-order chi connectivity index (χ1) is 18.9. The van der Waals surface area contributed by atoms with Gasteiger partial charge in [-0.2, -0.15) is 0 Å². The van der Waals surface area contributed by atoms with Crippen molar-refractivity contribution in [2.75, 3.05) is 32.0 Å². The summed E-state index contributed by atoms with van der Waals surface area (Å²) in [5.41, 5.74) is 2.26. The van der Waals surface area contributed by atoms with Gasteiger partial charge in [0.2, 0.25) is 11.8 Å². The molecule has 4 aromatic rings. The monoisotopic (exact) mass is 529 g/mol. The zero-order valence-electron chi connectivity index (χ0n) is 21.6. The second-order valence-electron chi connectivity index (χ2n) is 8.28. The molecule has 2 amide bonds. The summed E-state index contributed by atoms with van der Waals surface area (Å²) in [5, 5.41) is 5.56. The highest BCUT2D eigenvalue weighted by Gasteiger charge is 2.24. The molecule has 10 heteroatoms. The lowest BCUT2D eigenvalue weighted by Gasteiger charge is -2.11. The van der Waals surface area contributed by atoms with Gasteiger partial charge in [-0.25, -0.2) is 4.98 Å². The zero-order valence-corrected chi connectivity index (χ0v) is 21.6. The van der Waals surface area contributed by atoms with Crippen molar-refractivity contribution in [2.45, 2.75) is 12.8 Å². The maximum Gasteiger partial charge on any atom is 0.306 e. The van der Waals surface area contributed by atoms with E-state index in [-0.39, 0.29) is 36.1 Å². The number of carbonyl (C=O) groups is 3. The van der Waals surface area contributed by atoms with Crippen LogP contribution in [0.15, 0.2) is 77.2 Å². The van der Waals surface area contributed by atoms with Gasteiger partial charge in [-0.15, -0.1) is 0 Å². The van der Waals surface area contributed by atoms with Gasteiger partial charge in [-0.05, 0) is 48.5 Å². The number of amides is 2. The molecule has 0 aliphatic heterocycles. The number of carbonyl (C=O) groups excluding carboxylic acids is 3. The first kappa shape index (κ1) is 26.9. The summed E-state index contributed by atoms with van der Waals surface area (Å²) in [5.74, 6) is 0.211. The molecule has 0 radical (unpaired) electrons. The molecule has 1 aromatic heterocycles. The van der Waals surface area contributed by atoms with Crippen molar-refractivity contribution < 1.29 is 33.0 Å². The Morgan fingerprint density at radius 3 is 2.23 bits per heavy atom. The molecule has 0 aliphatic rings. The van der Waals surface area contributed by atoms with Gasteiger partial charge in [0.15, 0.2) is 11.5 Å². The Labute approximate surface area is 224 Å². The molecule has 0 bridgehead atoms. The first-order valence-corrected chi connectivity index (χ1v) is 12.0. The molecule has 2 N–H and O–H groups in total. The Bertz CT molecular complexity index is 1460. The molecule has 0 unspecified atom stereocenters. The number of benzene rings is 3. The summed E-state index contributed by atoms with van der Waals surface area (Å²) in [6.07, 6.45) is -0.0215. The minimum absolute atomic E-state index is 0.00494. The summed E-state index contributed by atoms with van der Waals surface area (Å²) < 4.78 is 21.3. The summed E-state index contributed by atoms with van der Waals surface area (Å²) >= 11 is 0. The number of rotatable bonds is 10. The van der Waals surface area contributed by atoms with Crippen molar-refractivity contribution in [1.29, 1.82) is 0 Å². The topological polar surface area (TPSA) is 129 Å². The Kier molecular flexibility index (Phi) is 8.57. The van der Waals surface area contributed by atoms with Gasteiger partial charge < -0.3 is 29.3 Å². The van der Waals surface area contributed by atoms with Gasteiger partial charge in [-0.1, -0.05) is 18.2 Å². The van der Waals surface area contributed by atoms with E-state index < -0.39 is 11.9 Å². The van der Waals surface area contributed by atoms with Gasteiger partial charge in [0, 0.05) is 29.3 Å². The molecule has 3 aromatic carbocycles. The molecule has 0 spiro atoms. The normalized spacial score (nSPS) is 10.4. The van der Waals surface area contributed by atoms with Gasteiger partial charge in [0.1, 0.15) is 11.5 Å². The summed E-state index contributed by atoms with van der Waals surface area (Å²) in [6, 6.07) is 21.0. The van der Waals surface area contributed by atoms with Crippen molar-refractivity contribution in [3.05, 3.63) is 78.5 Å². The van der Waals surface area contributed by atoms with Crippen LogP contribution in [-0.2, 0) is 14.3 Å². The average Bonchev–Trinajstić information content (AvgIpc) is 3.42. The molecular formula is C29H27N3O7. The molecule has 0 aliphatic carbocycles. The van der Waals surface area contributed by atoms with Crippen molar-refractivity contribution >= 4 is 29.2 Å². The van der Waals surface area contributed by atoms with E-state index in [1.807, 2.05) is 30.3 Å². The molecule has 39 heavy (non-hydrogen) atoms. The van der Waals surface area contributed by atoms with Gasteiger partial charge >= 0.3 is 5.97 Å². The van der Waals surface area contributed by atoms with Gasteiger partial charge in [-0.3, -0.25) is 14.4 Å². The second kappa shape index (κ2) is 12.4. The summed E-state index contributed by atoms with van der Waals surface area (Å²) in [6.45, 7) is 0. The SMILES string of the molecule is COC(=O)CCC(=O)Nc1ccc(-c2oc(-c3ccccc3)nc2C(=O)Nc2cc(OC)ccc2OC)cc1. The Hall–Kier alpha value is -5.12. The number of esters is 1. The molecule has 4 rings (SSSR count). The maximum absolute atomic E-state index is 13.5. The third-order valence-electron chi connectivity index (χ3n) is 5.73. The quantitative estimate of drug-likeness (QED) is 0.269. The van der Waals surface area contributed by atoms with Crippen LogP contribution in [0.5, 0.6) is 11.5 Å². The fourth-order valence-electron chi connectivity index (χ4n) is 3.71. The average molecular weight is 530 g/mol. The van der Waals surface area contributed by atoms with Crippen LogP contribution in [0.4, 0.5) is 11.4 Å². The lowest BCUT2D eigenvalue weighted by atomic mass is 10.1. The van der Waals surface area contributed by atoms with E-state index in [4.69, 9.17) is 13.9 Å². The van der Waals surface area contributed by atoms with E-state index in [0.717, 1.165) is 0 Å². The summed E-state index contributed by atoms with van der Waals surface area (Å²) in [4.78, 5) is 41.4. The standard InChI is InChI=1S/C29H27N3O7/c1-36-21-13-14-23(37-2)22(17-21)31-28(35)26-27(39-29(32-26)19-7-5-4-6-8-19)18-9-11-20(12-10-18)30-24(33)15-16-25(34)38-3/h4-14,17H,15-16H2,1-3H3,(H,30,33)(H,31,35). The van der Waals surface area contributed by atoms with Crippen molar-refractivity contribution in [1.82, 2.24) is 4.98 Å². The number of aromatic nitrogens is 1. The van der Waals surface area contributed by atoms with Crippen LogP contribution >= 0.6 is 0 Å². The highest BCUT2D eigenvalue weighted by molar-refractivity contribution is 6.07. The number of hydrogen-bond donors (Lipinski definition) is 2. The fourth-order valence-corrected chi connectivity index (χ4v) is 3.71. The number of nitrogens with one attached hydrogen (secondary N) is 2. The highest BCUT2D eigenvalue weighted by atomic mass is 16.5.